The molecule has 0 fully saturated rings. The van der Waals surface area contributed by atoms with Gasteiger partial charge in [0.05, 0.1) is 18.1 Å². The van der Waals surface area contributed by atoms with Gasteiger partial charge in [-0.05, 0) is 41.6 Å². The highest BCUT2D eigenvalue weighted by atomic mass is 16.5. The summed E-state index contributed by atoms with van der Waals surface area (Å²) in [7, 11) is 2.06. The molecular weight excluding hydrogens is 320 g/mol. The zero-order valence-electron chi connectivity index (χ0n) is 14.7. The second kappa shape index (κ2) is 5.31. The van der Waals surface area contributed by atoms with Gasteiger partial charge in [-0.3, -0.25) is 0 Å². The van der Waals surface area contributed by atoms with E-state index in [4.69, 9.17) is 10.00 Å². The highest BCUT2D eigenvalue weighted by molar-refractivity contribution is 6.06. The van der Waals surface area contributed by atoms with E-state index >= 15 is 0 Å². The van der Waals surface area contributed by atoms with Gasteiger partial charge in [-0.25, -0.2) is 0 Å². The van der Waals surface area contributed by atoms with E-state index in [-0.39, 0.29) is 0 Å². The van der Waals surface area contributed by atoms with Crippen LogP contribution in [0.1, 0.15) is 11.1 Å². The SMILES string of the molecule is Cc1ccc2cccc3c2c1-c1c(c2ccc(CC#N)cc2c[n+]1C)O3. The molecule has 0 bridgehead atoms. The van der Waals surface area contributed by atoms with Crippen LogP contribution in [0.4, 0.5) is 0 Å². The fourth-order valence-corrected chi connectivity index (χ4v) is 4.03. The zero-order valence-corrected chi connectivity index (χ0v) is 14.7. The number of nitriles is 1. The normalized spacial score (nSPS) is 11.9. The number of rotatable bonds is 1. The summed E-state index contributed by atoms with van der Waals surface area (Å²) in [5, 5.41) is 13.5. The Hall–Kier alpha value is -3.38. The highest BCUT2D eigenvalue weighted by Crippen LogP contribution is 2.48. The van der Waals surface area contributed by atoms with E-state index in [0.29, 0.717) is 6.42 Å². The molecule has 0 N–H and O–H groups in total. The molecule has 124 valence electrons. The number of hydrogen-bond acceptors (Lipinski definition) is 2. The van der Waals surface area contributed by atoms with Gasteiger partial charge in [-0.1, -0.05) is 30.3 Å². The lowest BCUT2D eigenvalue weighted by Crippen LogP contribution is -2.32. The molecule has 3 nitrogen and oxygen atoms in total. The Balaban J connectivity index is 1.91. The average Bonchev–Trinajstić information content (AvgIpc) is 2.64. The molecule has 1 aliphatic rings. The molecule has 3 aromatic carbocycles. The van der Waals surface area contributed by atoms with Gasteiger partial charge in [-0.15, -0.1) is 0 Å². The second-order valence-corrected chi connectivity index (χ2v) is 6.89. The number of hydrogen-bond donors (Lipinski definition) is 0. The van der Waals surface area contributed by atoms with Gasteiger partial charge < -0.3 is 4.74 Å². The van der Waals surface area contributed by atoms with E-state index in [1.807, 2.05) is 18.2 Å². The highest BCUT2D eigenvalue weighted by Gasteiger charge is 2.30. The molecule has 2 heterocycles. The van der Waals surface area contributed by atoms with Crippen LogP contribution in [0.3, 0.4) is 0 Å². The van der Waals surface area contributed by atoms with Crippen molar-refractivity contribution in [3.05, 3.63) is 65.9 Å². The predicted octanol–water partition coefficient (Wildman–Crippen LogP) is 4.96. The quantitative estimate of drug-likeness (QED) is 0.405. The van der Waals surface area contributed by atoms with Crippen LogP contribution in [0.25, 0.3) is 32.8 Å². The van der Waals surface area contributed by atoms with Gasteiger partial charge >= 0.3 is 0 Å². The topological polar surface area (TPSA) is 36.9 Å². The third kappa shape index (κ3) is 1.96. The smallest absolute Gasteiger partial charge is 0.257 e. The van der Waals surface area contributed by atoms with Crippen LogP contribution in [0, 0.1) is 18.3 Å². The van der Waals surface area contributed by atoms with Crippen molar-refractivity contribution in [2.45, 2.75) is 13.3 Å². The fourth-order valence-electron chi connectivity index (χ4n) is 4.03. The third-order valence-corrected chi connectivity index (χ3v) is 5.21. The van der Waals surface area contributed by atoms with Gasteiger partial charge in [0.1, 0.15) is 12.8 Å². The number of aryl methyl sites for hydroxylation is 2. The van der Waals surface area contributed by atoms with Crippen LogP contribution in [-0.2, 0) is 13.5 Å². The molecule has 5 rings (SSSR count). The van der Waals surface area contributed by atoms with E-state index in [9.17, 15) is 0 Å². The summed E-state index contributed by atoms with van der Waals surface area (Å²) >= 11 is 0. The molecule has 0 radical (unpaired) electrons. The molecule has 3 heteroatoms. The molecule has 1 aromatic heterocycles. The monoisotopic (exact) mass is 337 g/mol. The van der Waals surface area contributed by atoms with Crippen LogP contribution in [0.15, 0.2) is 54.7 Å². The van der Waals surface area contributed by atoms with E-state index in [1.54, 1.807) is 0 Å². The first-order valence-corrected chi connectivity index (χ1v) is 8.70. The first kappa shape index (κ1) is 14.9. The van der Waals surface area contributed by atoms with Crippen LogP contribution in [0.2, 0.25) is 0 Å². The van der Waals surface area contributed by atoms with E-state index in [0.717, 1.165) is 33.5 Å². The Kier molecular flexibility index (Phi) is 3.05. The summed E-state index contributed by atoms with van der Waals surface area (Å²) in [6, 6.07) is 18.9. The molecule has 0 spiro atoms. The van der Waals surface area contributed by atoms with Crippen molar-refractivity contribution in [3.63, 3.8) is 0 Å². The number of fused-ring (bicyclic) bond motifs is 4. The Bertz CT molecular complexity index is 1270. The summed E-state index contributed by atoms with van der Waals surface area (Å²) < 4.78 is 8.56. The summed E-state index contributed by atoms with van der Waals surface area (Å²) in [5.74, 6) is 1.80. The number of nitrogens with zero attached hydrogens (tertiary/aromatic N) is 2. The summed E-state index contributed by atoms with van der Waals surface area (Å²) in [6.07, 6.45) is 2.55. The van der Waals surface area contributed by atoms with Crippen LogP contribution >= 0.6 is 0 Å². The lowest BCUT2D eigenvalue weighted by atomic mass is 9.92. The van der Waals surface area contributed by atoms with Gasteiger partial charge in [-0.2, -0.15) is 9.83 Å². The van der Waals surface area contributed by atoms with Gasteiger partial charge in [0.25, 0.3) is 5.69 Å². The molecular formula is C23H17N2O+. The number of aromatic nitrogens is 1. The number of pyridine rings is 1. The lowest BCUT2D eigenvalue weighted by molar-refractivity contribution is -0.659. The summed E-state index contributed by atoms with van der Waals surface area (Å²) in [6.45, 7) is 2.15. The Morgan fingerprint density at radius 2 is 1.96 bits per heavy atom. The molecule has 0 amide bonds. The zero-order chi connectivity index (χ0) is 17.8. The Morgan fingerprint density at radius 3 is 2.81 bits per heavy atom. The van der Waals surface area contributed by atoms with Crippen molar-refractivity contribution in [3.8, 4) is 28.8 Å². The maximum absolute atomic E-state index is 8.98. The van der Waals surface area contributed by atoms with Crippen molar-refractivity contribution in [1.29, 1.82) is 5.26 Å². The number of ether oxygens (including phenoxy) is 1. The molecule has 4 aromatic rings. The van der Waals surface area contributed by atoms with E-state index in [1.165, 1.54) is 21.9 Å². The van der Waals surface area contributed by atoms with Crippen LogP contribution in [0.5, 0.6) is 11.5 Å². The third-order valence-electron chi connectivity index (χ3n) is 5.21. The first-order valence-electron chi connectivity index (χ1n) is 8.70. The molecule has 0 aliphatic carbocycles. The summed E-state index contributed by atoms with van der Waals surface area (Å²) in [4.78, 5) is 0. The molecule has 0 saturated heterocycles. The molecule has 0 atom stereocenters. The molecule has 0 saturated carbocycles. The van der Waals surface area contributed by atoms with Gasteiger partial charge in [0.2, 0.25) is 5.75 Å². The van der Waals surface area contributed by atoms with Crippen molar-refractivity contribution in [1.82, 2.24) is 0 Å². The molecule has 0 unspecified atom stereocenters. The molecule has 26 heavy (non-hydrogen) atoms. The van der Waals surface area contributed by atoms with Crippen LogP contribution in [-0.4, -0.2) is 0 Å². The van der Waals surface area contributed by atoms with E-state index < -0.39 is 0 Å². The standard InChI is InChI=1S/C23H17N2O/c1-14-6-8-16-4-3-5-19-21(16)20(14)22-23(26-19)18-9-7-15(10-11-24)12-17(18)13-25(22)2/h3-9,12-13H,10H2,1-2H3/q+1. The average molecular weight is 337 g/mol. The fraction of sp³-hybridized carbons (Fsp3) is 0.130. The lowest BCUT2D eigenvalue weighted by Gasteiger charge is -2.21. The Morgan fingerprint density at radius 1 is 1.08 bits per heavy atom. The van der Waals surface area contributed by atoms with Crippen molar-refractivity contribution in [2.24, 2.45) is 7.05 Å². The minimum Gasteiger partial charge on any atom is -0.449 e. The minimum absolute atomic E-state index is 0.416. The van der Waals surface area contributed by atoms with Crippen molar-refractivity contribution < 1.29 is 9.30 Å². The Labute approximate surface area is 151 Å². The van der Waals surface area contributed by atoms with E-state index in [2.05, 4.69) is 61.1 Å². The predicted molar refractivity (Wildman–Crippen MR) is 102 cm³/mol. The summed E-state index contributed by atoms with van der Waals surface area (Å²) in [5.41, 5.74) is 4.61. The van der Waals surface area contributed by atoms with Crippen LogP contribution < -0.4 is 9.30 Å². The number of benzene rings is 3. The largest absolute Gasteiger partial charge is 0.449 e. The van der Waals surface area contributed by atoms with Gasteiger partial charge in [0, 0.05) is 16.2 Å². The second-order valence-electron chi connectivity index (χ2n) is 6.89. The van der Waals surface area contributed by atoms with Gasteiger partial charge in [0.15, 0.2) is 6.20 Å². The van der Waals surface area contributed by atoms with Crippen molar-refractivity contribution >= 4 is 21.5 Å². The molecule has 1 aliphatic heterocycles. The first-order chi connectivity index (χ1) is 12.7. The minimum atomic E-state index is 0.416. The maximum atomic E-state index is 8.98. The van der Waals surface area contributed by atoms with Crippen molar-refractivity contribution in [2.75, 3.05) is 0 Å². The maximum Gasteiger partial charge on any atom is 0.257 e.